The van der Waals surface area contributed by atoms with Gasteiger partial charge >= 0.3 is 0 Å². The number of amides is 2. The molecule has 0 spiro atoms. The van der Waals surface area contributed by atoms with E-state index in [1.54, 1.807) is 0 Å². The first-order valence-electron chi connectivity index (χ1n) is 6.64. The molecule has 1 N–H and O–H groups in total. The van der Waals surface area contributed by atoms with Crippen molar-refractivity contribution in [1.82, 2.24) is 5.32 Å². The van der Waals surface area contributed by atoms with Gasteiger partial charge in [-0.1, -0.05) is 60.7 Å². The number of carbonyl (C=O) groups is 2. The van der Waals surface area contributed by atoms with Crippen LogP contribution in [0.2, 0.25) is 0 Å². The third kappa shape index (κ3) is 4.69. The second-order valence-corrected chi connectivity index (χ2v) is 4.62. The van der Waals surface area contributed by atoms with Gasteiger partial charge in [0.25, 0.3) is 0 Å². The van der Waals surface area contributed by atoms with Gasteiger partial charge in [0, 0.05) is 12.8 Å². The lowest BCUT2D eigenvalue weighted by Crippen LogP contribution is -2.18. The van der Waals surface area contributed by atoms with Crippen molar-refractivity contribution in [3.05, 3.63) is 71.8 Å². The molecule has 2 amide bonds. The average Bonchev–Trinajstić information content (AvgIpc) is 2.85. The molecule has 3 nitrogen and oxygen atoms in total. The van der Waals surface area contributed by atoms with Crippen molar-refractivity contribution in [3.8, 4) is 0 Å². The molecule has 2 aromatic rings. The Morgan fingerprint density at radius 2 is 1.10 bits per heavy atom. The normalized spacial score (nSPS) is 13.4. The molecule has 3 heteroatoms. The molecule has 0 atom stereocenters. The van der Waals surface area contributed by atoms with Gasteiger partial charge in [0.2, 0.25) is 11.8 Å². The van der Waals surface area contributed by atoms with Gasteiger partial charge in [-0.2, -0.15) is 0 Å². The summed E-state index contributed by atoms with van der Waals surface area (Å²) in [6.07, 6.45) is 1.78. The summed E-state index contributed by atoms with van der Waals surface area (Å²) in [5.41, 5.74) is 2.74. The summed E-state index contributed by atoms with van der Waals surface area (Å²) in [4.78, 5) is 20.2. The lowest BCUT2D eigenvalue weighted by Gasteiger charge is -2.00. The minimum absolute atomic E-state index is 0.148. The van der Waals surface area contributed by atoms with Gasteiger partial charge in [0.15, 0.2) is 0 Å². The summed E-state index contributed by atoms with van der Waals surface area (Å²) in [6.45, 7) is 0. The molecule has 0 unspecified atom stereocenters. The third-order valence-corrected chi connectivity index (χ3v) is 2.95. The van der Waals surface area contributed by atoms with Gasteiger partial charge in [-0.15, -0.1) is 0 Å². The van der Waals surface area contributed by atoms with Gasteiger partial charge < -0.3 is 0 Å². The summed E-state index contributed by atoms with van der Waals surface area (Å²) in [6, 6.07) is 21.1. The summed E-state index contributed by atoms with van der Waals surface area (Å²) < 4.78 is 0. The molecule has 102 valence electrons. The molecule has 0 bridgehead atoms. The van der Waals surface area contributed by atoms with Crippen LogP contribution in [0.15, 0.2) is 60.7 Å². The van der Waals surface area contributed by atoms with Crippen molar-refractivity contribution in [1.29, 1.82) is 0 Å². The predicted molar refractivity (Wildman–Crippen MR) is 78.1 cm³/mol. The van der Waals surface area contributed by atoms with Gasteiger partial charge in [-0.25, -0.2) is 0 Å². The molecule has 1 aliphatic rings. The summed E-state index contributed by atoms with van der Waals surface area (Å²) in [7, 11) is 0. The van der Waals surface area contributed by atoms with Crippen molar-refractivity contribution in [2.75, 3.05) is 0 Å². The largest absolute Gasteiger partial charge is 0.296 e. The zero-order chi connectivity index (χ0) is 14.2. The van der Waals surface area contributed by atoms with Crippen LogP contribution in [0.25, 0.3) is 0 Å². The Hall–Kier alpha value is -2.42. The first-order valence-corrected chi connectivity index (χ1v) is 6.64. The molecule has 0 saturated carbocycles. The maximum Gasteiger partial charge on any atom is 0.227 e. The Morgan fingerprint density at radius 3 is 1.40 bits per heavy atom. The van der Waals surface area contributed by atoms with Gasteiger partial charge in [-0.05, 0) is 17.5 Å². The Balaban J connectivity index is 0.000000178. The van der Waals surface area contributed by atoms with Crippen LogP contribution in [0.3, 0.4) is 0 Å². The fourth-order valence-electron chi connectivity index (χ4n) is 1.93. The first kappa shape index (κ1) is 14.0. The SMILES string of the molecule is O=C1CCC(=O)N1.c1ccc(Cc2ccccc2)cc1. The van der Waals surface area contributed by atoms with Crippen LogP contribution in [0.5, 0.6) is 0 Å². The molecular weight excluding hydrogens is 250 g/mol. The lowest BCUT2D eigenvalue weighted by molar-refractivity contribution is -0.124. The quantitative estimate of drug-likeness (QED) is 0.850. The third-order valence-electron chi connectivity index (χ3n) is 2.95. The highest BCUT2D eigenvalue weighted by molar-refractivity contribution is 6.01. The summed E-state index contributed by atoms with van der Waals surface area (Å²) in [5.74, 6) is -0.296. The van der Waals surface area contributed by atoms with E-state index < -0.39 is 0 Å². The number of nitrogens with one attached hydrogen (secondary N) is 1. The molecule has 20 heavy (non-hydrogen) atoms. The van der Waals surface area contributed by atoms with Crippen LogP contribution < -0.4 is 5.32 Å². The standard InChI is InChI=1S/C13H12.C4H5NO2/c1-3-7-12(8-4-1)11-13-9-5-2-6-10-13;6-3-1-2-4(7)5-3/h1-10H,11H2;1-2H2,(H,5,6,7). The molecule has 1 saturated heterocycles. The monoisotopic (exact) mass is 267 g/mol. The van der Waals surface area contributed by atoms with Crippen molar-refractivity contribution in [3.63, 3.8) is 0 Å². The zero-order valence-electron chi connectivity index (χ0n) is 11.2. The Labute approximate surface area is 118 Å². The van der Waals surface area contributed by atoms with E-state index in [-0.39, 0.29) is 11.8 Å². The molecule has 3 rings (SSSR count). The van der Waals surface area contributed by atoms with E-state index >= 15 is 0 Å². The molecule has 0 aliphatic carbocycles. The first-order chi connectivity index (χ1) is 9.74. The second kappa shape index (κ2) is 7.24. The zero-order valence-corrected chi connectivity index (χ0v) is 11.2. The van der Waals surface area contributed by atoms with Gasteiger partial charge in [-0.3, -0.25) is 14.9 Å². The van der Waals surface area contributed by atoms with E-state index in [1.807, 2.05) is 0 Å². The van der Waals surface area contributed by atoms with Crippen LogP contribution >= 0.6 is 0 Å². The van der Waals surface area contributed by atoms with E-state index in [0.717, 1.165) is 6.42 Å². The van der Waals surface area contributed by atoms with Crippen molar-refractivity contribution >= 4 is 11.8 Å². The van der Waals surface area contributed by atoms with Crippen LogP contribution in [0.4, 0.5) is 0 Å². The Morgan fingerprint density at radius 1 is 0.700 bits per heavy atom. The molecule has 0 radical (unpaired) electrons. The van der Waals surface area contributed by atoms with Crippen LogP contribution in [-0.2, 0) is 16.0 Å². The maximum atomic E-state index is 10.1. The lowest BCUT2D eigenvalue weighted by atomic mass is 10.1. The number of hydrogen-bond donors (Lipinski definition) is 1. The van der Waals surface area contributed by atoms with Gasteiger partial charge in [0.1, 0.15) is 0 Å². The van der Waals surface area contributed by atoms with E-state index in [1.165, 1.54) is 11.1 Å². The molecule has 2 aromatic carbocycles. The highest BCUT2D eigenvalue weighted by atomic mass is 16.2. The van der Waals surface area contributed by atoms with Crippen LogP contribution in [-0.4, -0.2) is 11.8 Å². The number of carbonyl (C=O) groups excluding carboxylic acids is 2. The molecular formula is C17H17NO2. The van der Waals surface area contributed by atoms with Crippen molar-refractivity contribution < 1.29 is 9.59 Å². The van der Waals surface area contributed by atoms with E-state index in [0.29, 0.717) is 12.8 Å². The minimum atomic E-state index is -0.148. The van der Waals surface area contributed by atoms with E-state index in [9.17, 15) is 9.59 Å². The second-order valence-electron chi connectivity index (χ2n) is 4.62. The van der Waals surface area contributed by atoms with Crippen LogP contribution in [0.1, 0.15) is 24.0 Å². The number of benzene rings is 2. The molecule has 1 heterocycles. The minimum Gasteiger partial charge on any atom is -0.296 e. The predicted octanol–water partition coefficient (Wildman–Crippen LogP) is 2.70. The highest BCUT2D eigenvalue weighted by Gasteiger charge is 2.15. The number of hydrogen-bond acceptors (Lipinski definition) is 2. The molecule has 1 aliphatic heterocycles. The Kier molecular flexibility index (Phi) is 5.07. The number of imide groups is 1. The maximum absolute atomic E-state index is 10.1. The molecule has 0 aromatic heterocycles. The fourth-order valence-corrected chi connectivity index (χ4v) is 1.93. The van der Waals surface area contributed by atoms with Crippen molar-refractivity contribution in [2.24, 2.45) is 0 Å². The summed E-state index contributed by atoms with van der Waals surface area (Å²) in [5, 5.41) is 2.14. The fraction of sp³-hybridized carbons (Fsp3) is 0.176. The smallest absolute Gasteiger partial charge is 0.227 e. The highest BCUT2D eigenvalue weighted by Crippen LogP contribution is 2.07. The number of rotatable bonds is 2. The van der Waals surface area contributed by atoms with Gasteiger partial charge in [0.05, 0.1) is 0 Å². The van der Waals surface area contributed by atoms with Crippen LogP contribution in [0, 0.1) is 0 Å². The summed E-state index contributed by atoms with van der Waals surface area (Å²) >= 11 is 0. The van der Waals surface area contributed by atoms with E-state index in [2.05, 4.69) is 66.0 Å². The van der Waals surface area contributed by atoms with Crippen molar-refractivity contribution in [2.45, 2.75) is 19.3 Å². The topological polar surface area (TPSA) is 46.2 Å². The van der Waals surface area contributed by atoms with E-state index in [4.69, 9.17) is 0 Å². The molecule has 1 fully saturated rings. The Bertz CT molecular complexity index is 513. The average molecular weight is 267 g/mol.